The monoisotopic (exact) mass is 380 g/mol. The van der Waals surface area contributed by atoms with Crippen LogP contribution in [0, 0.1) is 3.57 Å². The van der Waals surface area contributed by atoms with Crippen molar-refractivity contribution in [1.29, 1.82) is 0 Å². The maximum Gasteiger partial charge on any atom is 0.255 e. The van der Waals surface area contributed by atoms with Gasteiger partial charge in [0.05, 0.1) is 5.56 Å². The van der Waals surface area contributed by atoms with E-state index in [1.165, 1.54) is 0 Å². The van der Waals surface area contributed by atoms with Crippen LogP contribution >= 0.6 is 22.6 Å². The number of nitrogen functional groups attached to an aromatic ring is 1. The van der Waals surface area contributed by atoms with Gasteiger partial charge in [0.25, 0.3) is 5.91 Å². The molecular formula is C16H17IN2O. The minimum atomic E-state index is 0.0424. The fourth-order valence-electron chi connectivity index (χ4n) is 2.02. The van der Waals surface area contributed by atoms with Gasteiger partial charge >= 0.3 is 0 Å². The number of halogens is 1. The SMILES string of the molecule is CCN(Cc1ccccc1N)C(=O)c1ccccc1I. The Hall–Kier alpha value is -1.56. The Balaban J connectivity index is 2.23. The average Bonchev–Trinajstić information content (AvgIpc) is 2.46. The molecule has 0 saturated carbocycles. The van der Waals surface area contributed by atoms with Crippen molar-refractivity contribution in [3.05, 3.63) is 63.2 Å². The molecule has 2 aromatic rings. The van der Waals surface area contributed by atoms with Gasteiger partial charge in [-0.25, -0.2) is 0 Å². The number of hydrogen-bond acceptors (Lipinski definition) is 2. The molecule has 0 aliphatic heterocycles. The molecule has 2 rings (SSSR count). The van der Waals surface area contributed by atoms with Crippen molar-refractivity contribution < 1.29 is 4.79 Å². The summed E-state index contributed by atoms with van der Waals surface area (Å²) in [6, 6.07) is 15.3. The Morgan fingerprint density at radius 2 is 1.80 bits per heavy atom. The molecule has 0 unspecified atom stereocenters. The Kier molecular flexibility index (Phi) is 5.00. The topological polar surface area (TPSA) is 46.3 Å². The Labute approximate surface area is 132 Å². The van der Waals surface area contributed by atoms with E-state index >= 15 is 0 Å². The summed E-state index contributed by atoms with van der Waals surface area (Å²) in [5.41, 5.74) is 8.40. The van der Waals surface area contributed by atoms with Crippen LogP contribution in [0.5, 0.6) is 0 Å². The van der Waals surface area contributed by atoms with Crippen LogP contribution in [0.15, 0.2) is 48.5 Å². The first-order chi connectivity index (χ1) is 9.63. The van der Waals surface area contributed by atoms with Crippen LogP contribution in [0.3, 0.4) is 0 Å². The van der Waals surface area contributed by atoms with E-state index in [4.69, 9.17) is 5.73 Å². The number of para-hydroxylation sites is 1. The van der Waals surface area contributed by atoms with Crippen LogP contribution in [0.2, 0.25) is 0 Å². The number of nitrogens with two attached hydrogens (primary N) is 1. The third-order valence-electron chi connectivity index (χ3n) is 3.19. The third-order valence-corrected chi connectivity index (χ3v) is 4.13. The molecule has 0 saturated heterocycles. The fraction of sp³-hybridized carbons (Fsp3) is 0.188. The molecule has 20 heavy (non-hydrogen) atoms. The third kappa shape index (κ3) is 3.30. The van der Waals surface area contributed by atoms with E-state index in [9.17, 15) is 4.79 Å². The maximum atomic E-state index is 12.6. The van der Waals surface area contributed by atoms with Crippen LogP contribution in [0.1, 0.15) is 22.8 Å². The van der Waals surface area contributed by atoms with E-state index in [0.29, 0.717) is 13.1 Å². The molecule has 0 heterocycles. The van der Waals surface area contributed by atoms with Gasteiger partial charge in [0.1, 0.15) is 0 Å². The first-order valence-corrected chi connectivity index (χ1v) is 7.58. The quantitative estimate of drug-likeness (QED) is 0.652. The summed E-state index contributed by atoms with van der Waals surface area (Å²) in [5, 5.41) is 0. The summed E-state index contributed by atoms with van der Waals surface area (Å²) < 4.78 is 0.967. The van der Waals surface area contributed by atoms with E-state index < -0.39 is 0 Å². The molecule has 0 spiro atoms. The number of rotatable bonds is 4. The van der Waals surface area contributed by atoms with Gasteiger partial charge in [0.2, 0.25) is 0 Å². The van der Waals surface area contributed by atoms with E-state index in [-0.39, 0.29) is 5.91 Å². The van der Waals surface area contributed by atoms with Crippen molar-refractivity contribution >= 4 is 34.2 Å². The highest BCUT2D eigenvalue weighted by atomic mass is 127. The van der Waals surface area contributed by atoms with Gasteiger partial charge in [-0.15, -0.1) is 0 Å². The molecule has 0 fully saturated rings. The van der Waals surface area contributed by atoms with Crippen molar-refractivity contribution in [2.45, 2.75) is 13.5 Å². The summed E-state index contributed by atoms with van der Waals surface area (Å²) in [6.07, 6.45) is 0. The minimum absolute atomic E-state index is 0.0424. The van der Waals surface area contributed by atoms with Crippen molar-refractivity contribution in [2.75, 3.05) is 12.3 Å². The lowest BCUT2D eigenvalue weighted by molar-refractivity contribution is 0.0752. The molecule has 1 amide bonds. The van der Waals surface area contributed by atoms with Gasteiger partial charge in [-0.05, 0) is 53.3 Å². The van der Waals surface area contributed by atoms with Gasteiger partial charge in [-0.1, -0.05) is 30.3 Å². The maximum absolute atomic E-state index is 12.6. The van der Waals surface area contributed by atoms with E-state index in [2.05, 4.69) is 22.6 Å². The first-order valence-electron chi connectivity index (χ1n) is 6.50. The van der Waals surface area contributed by atoms with Gasteiger partial charge in [0.15, 0.2) is 0 Å². The lowest BCUT2D eigenvalue weighted by atomic mass is 10.1. The standard InChI is InChI=1S/C16H17IN2O/c1-2-19(11-12-7-3-6-10-15(12)18)16(20)13-8-4-5-9-14(13)17/h3-10H,2,11,18H2,1H3. The molecule has 0 aromatic heterocycles. The summed E-state index contributed by atoms with van der Waals surface area (Å²) in [4.78, 5) is 14.4. The largest absolute Gasteiger partial charge is 0.398 e. The van der Waals surface area contributed by atoms with Gasteiger partial charge in [-0.3, -0.25) is 4.79 Å². The van der Waals surface area contributed by atoms with Crippen molar-refractivity contribution in [3.63, 3.8) is 0 Å². The van der Waals surface area contributed by atoms with Crippen molar-refractivity contribution in [1.82, 2.24) is 4.90 Å². The fourth-order valence-corrected chi connectivity index (χ4v) is 2.63. The second-order valence-corrected chi connectivity index (χ2v) is 5.66. The molecule has 0 aliphatic carbocycles. The highest BCUT2D eigenvalue weighted by Crippen LogP contribution is 2.18. The second kappa shape index (κ2) is 6.74. The molecular weight excluding hydrogens is 363 g/mol. The Morgan fingerprint density at radius 3 is 2.45 bits per heavy atom. The predicted octanol–water partition coefficient (Wildman–Crippen LogP) is 3.54. The first kappa shape index (κ1) is 14.8. The number of hydrogen-bond donors (Lipinski definition) is 1. The number of nitrogens with zero attached hydrogens (tertiary/aromatic N) is 1. The molecule has 0 aliphatic rings. The number of benzene rings is 2. The lowest BCUT2D eigenvalue weighted by Crippen LogP contribution is -2.31. The van der Waals surface area contributed by atoms with Gasteiger partial charge < -0.3 is 10.6 Å². The smallest absolute Gasteiger partial charge is 0.255 e. The van der Waals surface area contributed by atoms with E-state index in [1.807, 2.05) is 60.4 Å². The molecule has 2 N–H and O–H groups in total. The number of amides is 1. The Morgan fingerprint density at radius 1 is 1.15 bits per heavy atom. The summed E-state index contributed by atoms with van der Waals surface area (Å²) in [5.74, 6) is 0.0424. The molecule has 4 heteroatoms. The van der Waals surface area contributed by atoms with Crippen LogP contribution in [0.4, 0.5) is 5.69 Å². The lowest BCUT2D eigenvalue weighted by Gasteiger charge is -2.22. The predicted molar refractivity (Wildman–Crippen MR) is 90.4 cm³/mol. The normalized spacial score (nSPS) is 10.3. The molecule has 0 atom stereocenters. The second-order valence-electron chi connectivity index (χ2n) is 4.50. The molecule has 104 valence electrons. The molecule has 0 radical (unpaired) electrons. The summed E-state index contributed by atoms with van der Waals surface area (Å²) in [6.45, 7) is 3.16. The summed E-state index contributed by atoms with van der Waals surface area (Å²) >= 11 is 2.19. The van der Waals surface area contributed by atoms with Crippen LogP contribution in [-0.4, -0.2) is 17.4 Å². The van der Waals surface area contributed by atoms with E-state index in [1.54, 1.807) is 0 Å². The van der Waals surface area contributed by atoms with Crippen LogP contribution in [-0.2, 0) is 6.54 Å². The van der Waals surface area contributed by atoms with Crippen LogP contribution < -0.4 is 5.73 Å². The highest BCUT2D eigenvalue weighted by Gasteiger charge is 2.17. The van der Waals surface area contributed by atoms with Gasteiger partial charge in [0, 0.05) is 22.3 Å². The zero-order chi connectivity index (χ0) is 14.5. The average molecular weight is 380 g/mol. The molecule has 3 nitrogen and oxygen atoms in total. The minimum Gasteiger partial charge on any atom is -0.398 e. The summed E-state index contributed by atoms with van der Waals surface area (Å²) in [7, 11) is 0. The van der Waals surface area contributed by atoms with Crippen LogP contribution in [0.25, 0.3) is 0 Å². The molecule has 0 bridgehead atoms. The van der Waals surface area contributed by atoms with Gasteiger partial charge in [-0.2, -0.15) is 0 Å². The molecule has 2 aromatic carbocycles. The van der Waals surface area contributed by atoms with Crippen molar-refractivity contribution in [2.24, 2.45) is 0 Å². The highest BCUT2D eigenvalue weighted by molar-refractivity contribution is 14.1. The zero-order valence-corrected chi connectivity index (χ0v) is 13.5. The number of anilines is 1. The Bertz CT molecular complexity index is 613. The number of carbonyl (C=O) groups excluding carboxylic acids is 1. The zero-order valence-electron chi connectivity index (χ0n) is 11.3. The van der Waals surface area contributed by atoms with E-state index in [0.717, 1.165) is 20.4 Å². The van der Waals surface area contributed by atoms with Crippen molar-refractivity contribution in [3.8, 4) is 0 Å². The number of carbonyl (C=O) groups is 1.